The first-order valence-corrected chi connectivity index (χ1v) is 5.79. The predicted molar refractivity (Wildman–Crippen MR) is 58.2 cm³/mol. The number of amides is 1. The zero-order valence-electron chi connectivity index (χ0n) is 9.38. The van der Waals surface area contributed by atoms with Gasteiger partial charge in [-0.1, -0.05) is 13.8 Å². The fraction of sp³-hybridized carbons (Fsp3) is 0.909. The average Bonchev–Trinajstić information content (AvgIpc) is 2.65. The summed E-state index contributed by atoms with van der Waals surface area (Å²) in [6, 6.07) is 0.518. The Labute approximate surface area is 86.9 Å². The molecule has 82 valence electrons. The fourth-order valence-electron chi connectivity index (χ4n) is 2.10. The van der Waals surface area contributed by atoms with E-state index in [0.29, 0.717) is 18.4 Å². The van der Waals surface area contributed by atoms with Gasteiger partial charge in [0, 0.05) is 25.6 Å². The number of carbonyl (C=O) groups excluding carboxylic acids is 1. The lowest BCUT2D eigenvalue weighted by Gasteiger charge is -2.23. The Hall–Kier alpha value is -0.570. The van der Waals surface area contributed by atoms with Gasteiger partial charge in [-0.25, -0.2) is 0 Å². The molecule has 1 fully saturated rings. The first kappa shape index (κ1) is 11.5. The van der Waals surface area contributed by atoms with Crippen LogP contribution in [0.3, 0.4) is 0 Å². The number of nitrogens with one attached hydrogen (secondary N) is 1. The second kappa shape index (κ2) is 6.02. The fourth-order valence-corrected chi connectivity index (χ4v) is 2.10. The molecule has 0 bridgehead atoms. The number of rotatable bonds is 5. The number of carbonyl (C=O) groups is 1. The van der Waals surface area contributed by atoms with Crippen molar-refractivity contribution in [3.8, 4) is 0 Å². The third-order valence-electron chi connectivity index (χ3n) is 2.93. The zero-order chi connectivity index (χ0) is 10.4. The standard InChI is InChI=1S/C11H22N2O/c1-3-10-6-5-9-13(10)11(14)7-8-12-4-2/h10,12H,3-9H2,1-2H3. The van der Waals surface area contributed by atoms with Crippen LogP contribution in [0.4, 0.5) is 0 Å². The summed E-state index contributed by atoms with van der Waals surface area (Å²) in [5.74, 6) is 0.329. The summed E-state index contributed by atoms with van der Waals surface area (Å²) < 4.78 is 0. The van der Waals surface area contributed by atoms with Crippen molar-refractivity contribution in [1.29, 1.82) is 0 Å². The van der Waals surface area contributed by atoms with Crippen LogP contribution < -0.4 is 5.32 Å². The van der Waals surface area contributed by atoms with E-state index in [9.17, 15) is 4.79 Å². The normalized spacial score (nSPS) is 21.6. The zero-order valence-corrected chi connectivity index (χ0v) is 9.38. The van der Waals surface area contributed by atoms with Gasteiger partial charge in [0.25, 0.3) is 0 Å². The summed E-state index contributed by atoms with van der Waals surface area (Å²) in [6.07, 6.45) is 4.15. The smallest absolute Gasteiger partial charge is 0.224 e. The molecule has 1 unspecified atom stereocenters. The Bertz CT molecular complexity index is 182. The molecule has 0 aromatic heterocycles. The van der Waals surface area contributed by atoms with E-state index in [1.165, 1.54) is 12.8 Å². The lowest BCUT2D eigenvalue weighted by atomic mass is 10.1. The maximum atomic E-state index is 11.8. The minimum atomic E-state index is 0.329. The van der Waals surface area contributed by atoms with Gasteiger partial charge in [-0.05, 0) is 25.8 Å². The Morgan fingerprint density at radius 3 is 2.93 bits per heavy atom. The quantitative estimate of drug-likeness (QED) is 0.677. The summed E-state index contributed by atoms with van der Waals surface area (Å²) in [6.45, 7) is 6.98. The van der Waals surface area contributed by atoms with E-state index >= 15 is 0 Å². The molecule has 0 aromatic carbocycles. The molecule has 1 saturated heterocycles. The third kappa shape index (κ3) is 2.98. The molecule has 1 rings (SSSR count). The Morgan fingerprint density at radius 2 is 2.29 bits per heavy atom. The summed E-state index contributed by atoms with van der Waals surface area (Å²) in [5.41, 5.74) is 0. The SMILES string of the molecule is CCNCCC(=O)N1CCCC1CC. The summed E-state index contributed by atoms with van der Waals surface area (Å²) in [4.78, 5) is 13.8. The van der Waals surface area contributed by atoms with Gasteiger partial charge in [0.05, 0.1) is 0 Å². The van der Waals surface area contributed by atoms with Crippen LogP contribution in [0.1, 0.15) is 39.5 Å². The molecule has 3 nitrogen and oxygen atoms in total. The topological polar surface area (TPSA) is 32.3 Å². The molecule has 1 amide bonds. The van der Waals surface area contributed by atoms with Crippen LogP contribution in [0.2, 0.25) is 0 Å². The molecule has 0 aromatic rings. The lowest BCUT2D eigenvalue weighted by Crippen LogP contribution is -2.36. The second-order valence-electron chi connectivity index (χ2n) is 3.89. The van der Waals surface area contributed by atoms with E-state index in [2.05, 4.69) is 24.1 Å². The highest BCUT2D eigenvalue weighted by Crippen LogP contribution is 2.20. The molecule has 1 heterocycles. The van der Waals surface area contributed by atoms with E-state index in [1.54, 1.807) is 0 Å². The molecule has 1 aliphatic heterocycles. The Kier molecular flexibility index (Phi) is 4.94. The summed E-state index contributed by atoms with van der Waals surface area (Å²) in [7, 11) is 0. The minimum absolute atomic E-state index is 0.329. The molecular formula is C11H22N2O. The van der Waals surface area contributed by atoms with Gasteiger partial charge in [-0.2, -0.15) is 0 Å². The molecule has 1 aliphatic rings. The van der Waals surface area contributed by atoms with Crippen LogP contribution in [0.5, 0.6) is 0 Å². The molecule has 0 aliphatic carbocycles. The van der Waals surface area contributed by atoms with E-state index < -0.39 is 0 Å². The second-order valence-corrected chi connectivity index (χ2v) is 3.89. The highest BCUT2D eigenvalue weighted by atomic mass is 16.2. The van der Waals surface area contributed by atoms with E-state index in [0.717, 1.165) is 26.1 Å². The van der Waals surface area contributed by atoms with Crippen LogP contribution >= 0.6 is 0 Å². The van der Waals surface area contributed by atoms with Crippen molar-refractivity contribution < 1.29 is 4.79 Å². The van der Waals surface area contributed by atoms with E-state index in [-0.39, 0.29) is 0 Å². The number of likely N-dealkylation sites (tertiary alicyclic amines) is 1. The van der Waals surface area contributed by atoms with Gasteiger partial charge in [-0.3, -0.25) is 4.79 Å². The monoisotopic (exact) mass is 198 g/mol. The molecule has 0 radical (unpaired) electrons. The highest BCUT2D eigenvalue weighted by molar-refractivity contribution is 5.77. The van der Waals surface area contributed by atoms with Crippen molar-refractivity contribution >= 4 is 5.91 Å². The van der Waals surface area contributed by atoms with E-state index in [1.807, 2.05) is 0 Å². The molecule has 3 heteroatoms. The van der Waals surface area contributed by atoms with E-state index in [4.69, 9.17) is 0 Å². The Morgan fingerprint density at radius 1 is 1.50 bits per heavy atom. The maximum absolute atomic E-state index is 11.8. The van der Waals surface area contributed by atoms with Gasteiger partial charge in [0.1, 0.15) is 0 Å². The lowest BCUT2D eigenvalue weighted by molar-refractivity contribution is -0.131. The Balaban J connectivity index is 2.28. The highest BCUT2D eigenvalue weighted by Gasteiger charge is 2.26. The van der Waals surface area contributed by atoms with Crippen molar-refractivity contribution in [3.05, 3.63) is 0 Å². The molecular weight excluding hydrogens is 176 g/mol. The molecule has 1 atom stereocenters. The first-order chi connectivity index (χ1) is 6.79. The minimum Gasteiger partial charge on any atom is -0.340 e. The van der Waals surface area contributed by atoms with Crippen molar-refractivity contribution in [2.45, 2.75) is 45.6 Å². The maximum Gasteiger partial charge on any atom is 0.224 e. The molecule has 0 saturated carbocycles. The van der Waals surface area contributed by atoms with Crippen molar-refractivity contribution in [2.24, 2.45) is 0 Å². The predicted octanol–water partition coefficient (Wildman–Crippen LogP) is 1.39. The molecule has 0 spiro atoms. The molecule has 1 N–H and O–H groups in total. The summed E-state index contributed by atoms with van der Waals surface area (Å²) >= 11 is 0. The number of hydrogen-bond acceptors (Lipinski definition) is 2. The van der Waals surface area contributed by atoms with Crippen LogP contribution in [0, 0.1) is 0 Å². The van der Waals surface area contributed by atoms with Gasteiger partial charge in [-0.15, -0.1) is 0 Å². The third-order valence-corrected chi connectivity index (χ3v) is 2.93. The largest absolute Gasteiger partial charge is 0.340 e. The van der Waals surface area contributed by atoms with Crippen molar-refractivity contribution in [3.63, 3.8) is 0 Å². The van der Waals surface area contributed by atoms with Crippen LogP contribution in [-0.4, -0.2) is 36.5 Å². The first-order valence-electron chi connectivity index (χ1n) is 5.79. The number of nitrogens with zero attached hydrogens (tertiary/aromatic N) is 1. The van der Waals surface area contributed by atoms with Crippen molar-refractivity contribution in [2.75, 3.05) is 19.6 Å². The van der Waals surface area contributed by atoms with Gasteiger partial charge in [0.15, 0.2) is 0 Å². The molecule has 14 heavy (non-hydrogen) atoms. The van der Waals surface area contributed by atoms with Gasteiger partial charge >= 0.3 is 0 Å². The average molecular weight is 198 g/mol. The van der Waals surface area contributed by atoms with Crippen LogP contribution in [0.15, 0.2) is 0 Å². The van der Waals surface area contributed by atoms with Crippen LogP contribution in [0.25, 0.3) is 0 Å². The van der Waals surface area contributed by atoms with Crippen molar-refractivity contribution in [1.82, 2.24) is 10.2 Å². The summed E-state index contributed by atoms with van der Waals surface area (Å²) in [5, 5.41) is 3.19. The van der Waals surface area contributed by atoms with Gasteiger partial charge in [0.2, 0.25) is 5.91 Å². The number of hydrogen-bond donors (Lipinski definition) is 1. The van der Waals surface area contributed by atoms with Crippen LogP contribution in [-0.2, 0) is 4.79 Å². The van der Waals surface area contributed by atoms with Gasteiger partial charge < -0.3 is 10.2 Å².